The smallest absolute Gasteiger partial charge is 0.257 e. The highest BCUT2D eigenvalue weighted by Gasteiger charge is 2.30. The first kappa shape index (κ1) is 20.4. The molecule has 0 saturated carbocycles. The van der Waals surface area contributed by atoms with Crippen molar-refractivity contribution < 1.29 is 9.53 Å². The molecule has 28 heavy (non-hydrogen) atoms. The van der Waals surface area contributed by atoms with Crippen LogP contribution in [0.25, 0.3) is 5.69 Å². The van der Waals surface area contributed by atoms with E-state index in [1.807, 2.05) is 33.8 Å². The fourth-order valence-corrected chi connectivity index (χ4v) is 3.80. The number of methoxy groups -OCH3 is 1. The number of carbonyl (C=O) groups is 1. The molecule has 3 rings (SSSR count). The van der Waals surface area contributed by atoms with Crippen LogP contribution in [0.2, 0.25) is 0 Å². The summed E-state index contributed by atoms with van der Waals surface area (Å²) in [5, 5.41) is 4.87. The predicted octanol–water partition coefficient (Wildman–Crippen LogP) is 3.34. The van der Waals surface area contributed by atoms with Crippen molar-refractivity contribution in [2.24, 2.45) is 0 Å². The Morgan fingerprint density at radius 2 is 1.75 bits per heavy atom. The van der Waals surface area contributed by atoms with E-state index in [1.54, 1.807) is 7.11 Å². The Hall–Kier alpha value is -2.34. The third kappa shape index (κ3) is 3.92. The van der Waals surface area contributed by atoms with Crippen molar-refractivity contribution in [3.63, 3.8) is 0 Å². The SMILES string of the molecule is CCc1c(C(=O)N2CCN(CC)CC2)c(C(C)C)nn1-c1ccc(OC)cc1. The molecule has 1 aliphatic heterocycles. The van der Waals surface area contributed by atoms with Gasteiger partial charge in [-0.15, -0.1) is 0 Å². The molecule has 0 unspecified atom stereocenters. The van der Waals surface area contributed by atoms with E-state index < -0.39 is 0 Å². The summed E-state index contributed by atoms with van der Waals surface area (Å²) in [6, 6.07) is 7.83. The van der Waals surface area contributed by atoms with Gasteiger partial charge in [0, 0.05) is 26.2 Å². The number of piperazine rings is 1. The lowest BCUT2D eigenvalue weighted by molar-refractivity contribution is 0.0641. The number of hydrogen-bond donors (Lipinski definition) is 0. The highest BCUT2D eigenvalue weighted by molar-refractivity contribution is 5.97. The van der Waals surface area contributed by atoms with E-state index in [4.69, 9.17) is 9.84 Å². The fraction of sp³-hybridized carbons (Fsp3) is 0.545. The lowest BCUT2D eigenvalue weighted by atomic mass is 10.0. The molecule has 1 aromatic carbocycles. The van der Waals surface area contributed by atoms with Gasteiger partial charge in [0.2, 0.25) is 0 Å². The van der Waals surface area contributed by atoms with Crippen molar-refractivity contribution in [3.05, 3.63) is 41.2 Å². The van der Waals surface area contributed by atoms with Crippen LogP contribution in [-0.2, 0) is 6.42 Å². The number of hydrogen-bond acceptors (Lipinski definition) is 4. The van der Waals surface area contributed by atoms with Crippen LogP contribution < -0.4 is 4.74 Å². The average Bonchev–Trinajstić information content (AvgIpc) is 3.13. The fourth-order valence-electron chi connectivity index (χ4n) is 3.80. The standard InChI is InChI=1S/C22H32N4O2/c1-6-19-20(22(27)25-14-12-24(7-2)13-15-25)21(16(3)4)23-26(19)17-8-10-18(28-5)11-9-17/h8-11,16H,6-7,12-15H2,1-5H3. The van der Waals surface area contributed by atoms with Crippen molar-refractivity contribution in [2.75, 3.05) is 39.8 Å². The average molecular weight is 385 g/mol. The van der Waals surface area contributed by atoms with Crippen LogP contribution >= 0.6 is 0 Å². The summed E-state index contributed by atoms with van der Waals surface area (Å²) in [6.45, 7) is 12.9. The molecular formula is C22H32N4O2. The maximum absolute atomic E-state index is 13.5. The summed E-state index contributed by atoms with van der Waals surface area (Å²) in [7, 11) is 1.66. The molecule has 0 N–H and O–H groups in total. The van der Waals surface area contributed by atoms with Gasteiger partial charge in [0.1, 0.15) is 5.75 Å². The van der Waals surface area contributed by atoms with Crippen LogP contribution in [0.4, 0.5) is 0 Å². The maximum atomic E-state index is 13.5. The van der Waals surface area contributed by atoms with Crippen molar-refractivity contribution in [3.8, 4) is 11.4 Å². The van der Waals surface area contributed by atoms with Gasteiger partial charge in [-0.2, -0.15) is 5.10 Å². The third-order valence-electron chi connectivity index (χ3n) is 5.53. The zero-order chi connectivity index (χ0) is 20.3. The van der Waals surface area contributed by atoms with Gasteiger partial charge in [0.25, 0.3) is 5.91 Å². The highest BCUT2D eigenvalue weighted by Crippen LogP contribution is 2.27. The Kier molecular flexibility index (Phi) is 6.39. The predicted molar refractivity (Wildman–Crippen MR) is 112 cm³/mol. The second kappa shape index (κ2) is 8.78. The van der Waals surface area contributed by atoms with Crippen LogP contribution in [0.15, 0.2) is 24.3 Å². The summed E-state index contributed by atoms with van der Waals surface area (Å²) in [5.74, 6) is 1.11. The molecule has 0 bridgehead atoms. The van der Waals surface area contributed by atoms with Crippen molar-refractivity contribution in [1.29, 1.82) is 0 Å². The molecule has 2 aromatic rings. The maximum Gasteiger partial charge on any atom is 0.257 e. The first-order valence-electron chi connectivity index (χ1n) is 10.3. The molecule has 1 saturated heterocycles. The molecule has 0 atom stereocenters. The van der Waals surface area contributed by atoms with Gasteiger partial charge in [0.15, 0.2) is 0 Å². The summed E-state index contributed by atoms with van der Waals surface area (Å²) < 4.78 is 7.20. The Morgan fingerprint density at radius 1 is 1.11 bits per heavy atom. The number of amides is 1. The van der Waals surface area contributed by atoms with Gasteiger partial charge in [0.05, 0.1) is 29.7 Å². The van der Waals surface area contributed by atoms with E-state index in [9.17, 15) is 4.79 Å². The van der Waals surface area contributed by atoms with E-state index >= 15 is 0 Å². The molecular weight excluding hydrogens is 352 g/mol. The molecule has 1 fully saturated rings. The molecule has 2 heterocycles. The van der Waals surface area contributed by atoms with Gasteiger partial charge in [-0.1, -0.05) is 27.7 Å². The summed E-state index contributed by atoms with van der Waals surface area (Å²) in [5.41, 5.74) is 3.61. The summed E-state index contributed by atoms with van der Waals surface area (Å²) >= 11 is 0. The number of likely N-dealkylation sites (N-methyl/N-ethyl adjacent to an activating group) is 1. The van der Waals surface area contributed by atoms with E-state index in [0.29, 0.717) is 0 Å². The molecule has 1 aliphatic rings. The van der Waals surface area contributed by atoms with Crippen LogP contribution in [-0.4, -0.2) is 65.3 Å². The summed E-state index contributed by atoms with van der Waals surface area (Å²) in [6.07, 6.45) is 0.752. The zero-order valence-electron chi connectivity index (χ0n) is 17.7. The van der Waals surface area contributed by atoms with Crippen LogP contribution in [0, 0.1) is 0 Å². The highest BCUT2D eigenvalue weighted by atomic mass is 16.5. The zero-order valence-corrected chi connectivity index (χ0v) is 17.7. The van der Waals surface area contributed by atoms with E-state index in [1.165, 1.54) is 0 Å². The number of carbonyl (C=O) groups excluding carboxylic acids is 1. The monoisotopic (exact) mass is 384 g/mol. The number of benzene rings is 1. The second-order valence-electron chi connectivity index (χ2n) is 7.55. The minimum Gasteiger partial charge on any atom is -0.497 e. The topological polar surface area (TPSA) is 50.6 Å². The molecule has 0 radical (unpaired) electrons. The van der Waals surface area contributed by atoms with E-state index in [0.717, 1.165) is 67.5 Å². The van der Waals surface area contributed by atoms with E-state index in [2.05, 4.69) is 32.6 Å². The molecule has 1 amide bonds. The van der Waals surface area contributed by atoms with Crippen LogP contribution in [0.5, 0.6) is 5.75 Å². The molecule has 1 aromatic heterocycles. The quantitative estimate of drug-likeness (QED) is 0.766. The van der Waals surface area contributed by atoms with Crippen molar-refractivity contribution in [2.45, 2.75) is 40.0 Å². The van der Waals surface area contributed by atoms with Gasteiger partial charge < -0.3 is 14.5 Å². The first-order valence-corrected chi connectivity index (χ1v) is 10.3. The third-order valence-corrected chi connectivity index (χ3v) is 5.53. The number of nitrogens with zero attached hydrogens (tertiary/aromatic N) is 4. The Labute approximate surface area is 168 Å². The minimum atomic E-state index is 0.121. The Balaban J connectivity index is 1.99. The largest absolute Gasteiger partial charge is 0.497 e. The Bertz CT molecular complexity index is 803. The number of ether oxygens (including phenoxy) is 1. The molecule has 0 aliphatic carbocycles. The molecule has 0 spiro atoms. The summed E-state index contributed by atoms with van der Waals surface area (Å²) in [4.78, 5) is 17.9. The molecule has 6 nitrogen and oxygen atoms in total. The van der Waals surface area contributed by atoms with Gasteiger partial charge in [-0.25, -0.2) is 4.68 Å². The lowest BCUT2D eigenvalue weighted by Gasteiger charge is -2.34. The number of aromatic nitrogens is 2. The number of rotatable bonds is 6. The van der Waals surface area contributed by atoms with Crippen molar-refractivity contribution >= 4 is 5.91 Å². The van der Waals surface area contributed by atoms with Gasteiger partial charge in [-0.05, 0) is 43.1 Å². The second-order valence-corrected chi connectivity index (χ2v) is 7.55. The van der Waals surface area contributed by atoms with Gasteiger partial charge in [-0.3, -0.25) is 4.79 Å². The lowest BCUT2D eigenvalue weighted by Crippen LogP contribution is -2.48. The van der Waals surface area contributed by atoms with E-state index in [-0.39, 0.29) is 11.8 Å². The minimum absolute atomic E-state index is 0.121. The van der Waals surface area contributed by atoms with Crippen molar-refractivity contribution in [1.82, 2.24) is 19.6 Å². The normalized spacial score (nSPS) is 15.3. The molecule has 6 heteroatoms. The molecule has 152 valence electrons. The Morgan fingerprint density at radius 3 is 2.25 bits per heavy atom. The first-order chi connectivity index (χ1) is 13.5. The van der Waals surface area contributed by atoms with Gasteiger partial charge >= 0.3 is 0 Å². The van der Waals surface area contributed by atoms with Crippen LogP contribution in [0.1, 0.15) is 55.4 Å². The van der Waals surface area contributed by atoms with Crippen LogP contribution in [0.3, 0.4) is 0 Å².